The third-order valence-electron chi connectivity index (χ3n) is 1.83. The van der Waals surface area contributed by atoms with E-state index in [0.717, 1.165) is 0 Å². The van der Waals surface area contributed by atoms with E-state index in [2.05, 4.69) is 15.5 Å². The van der Waals surface area contributed by atoms with Gasteiger partial charge in [0, 0.05) is 6.54 Å². The molecule has 8 nitrogen and oxygen atoms in total. The summed E-state index contributed by atoms with van der Waals surface area (Å²) >= 11 is 0. The first-order valence-electron chi connectivity index (χ1n) is 4.76. The highest BCUT2D eigenvalue weighted by Gasteiger charge is 2.04. The molecule has 1 aromatic heterocycles. The largest absolute Gasteiger partial charge is 0.369 e. The Hall–Kier alpha value is -1.74. The van der Waals surface area contributed by atoms with Crippen LogP contribution in [0.4, 0.5) is 5.82 Å². The SMILES string of the molecule is NC(=O)c1ccc(NCCCS(N)(=O)=O)nn1. The van der Waals surface area contributed by atoms with Crippen LogP contribution in [0.15, 0.2) is 12.1 Å². The molecule has 1 rings (SSSR count). The number of nitrogens with one attached hydrogen (secondary N) is 1. The lowest BCUT2D eigenvalue weighted by molar-refractivity contribution is 0.0994. The van der Waals surface area contributed by atoms with Crippen molar-refractivity contribution in [2.75, 3.05) is 17.6 Å². The number of amides is 1. The summed E-state index contributed by atoms with van der Waals surface area (Å²) in [5.74, 6) is -0.324. The van der Waals surface area contributed by atoms with Crippen molar-refractivity contribution >= 4 is 21.7 Å². The standard InChI is InChI=1S/C8H13N5O3S/c9-8(14)6-2-3-7(13-12-6)11-4-1-5-17(10,15)16/h2-3H,1,4-5H2,(H2,9,14)(H,11,13)(H2,10,15,16). The van der Waals surface area contributed by atoms with E-state index in [-0.39, 0.29) is 11.4 Å². The average molecular weight is 259 g/mol. The number of sulfonamides is 1. The molecule has 0 unspecified atom stereocenters. The summed E-state index contributed by atoms with van der Waals surface area (Å²) in [5.41, 5.74) is 5.06. The number of primary sulfonamides is 1. The van der Waals surface area contributed by atoms with Gasteiger partial charge < -0.3 is 11.1 Å². The monoisotopic (exact) mass is 259 g/mol. The Balaban J connectivity index is 2.40. The van der Waals surface area contributed by atoms with Gasteiger partial charge in [0.15, 0.2) is 5.69 Å². The molecular weight excluding hydrogens is 246 g/mol. The van der Waals surface area contributed by atoms with Crippen molar-refractivity contribution in [3.8, 4) is 0 Å². The summed E-state index contributed by atoms with van der Waals surface area (Å²) in [6.45, 7) is 0.390. The summed E-state index contributed by atoms with van der Waals surface area (Å²) < 4.78 is 21.3. The lowest BCUT2D eigenvalue weighted by Gasteiger charge is -2.04. The van der Waals surface area contributed by atoms with Gasteiger partial charge in [0.05, 0.1) is 5.75 Å². The molecule has 0 saturated heterocycles. The van der Waals surface area contributed by atoms with Gasteiger partial charge in [0.2, 0.25) is 10.0 Å². The average Bonchev–Trinajstić information content (AvgIpc) is 2.24. The minimum Gasteiger partial charge on any atom is -0.369 e. The fraction of sp³-hybridized carbons (Fsp3) is 0.375. The second kappa shape index (κ2) is 5.55. The van der Waals surface area contributed by atoms with Gasteiger partial charge in [-0.3, -0.25) is 4.79 Å². The number of hydrogen-bond acceptors (Lipinski definition) is 6. The van der Waals surface area contributed by atoms with E-state index in [0.29, 0.717) is 18.8 Å². The number of nitrogens with zero attached hydrogens (tertiary/aromatic N) is 2. The Morgan fingerprint density at radius 2 is 2.06 bits per heavy atom. The maximum Gasteiger partial charge on any atom is 0.269 e. The number of hydrogen-bond donors (Lipinski definition) is 3. The molecule has 0 saturated carbocycles. The first kappa shape index (κ1) is 13.3. The molecule has 0 aliphatic rings. The third-order valence-corrected chi connectivity index (χ3v) is 2.69. The summed E-state index contributed by atoms with van der Waals surface area (Å²) in [7, 11) is -3.43. The van der Waals surface area contributed by atoms with Crippen molar-refractivity contribution in [1.82, 2.24) is 10.2 Å². The van der Waals surface area contributed by atoms with Gasteiger partial charge in [-0.2, -0.15) is 0 Å². The number of nitrogens with two attached hydrogens (primary N) is 2. The van der Waals surface area contributed by atoms with Gasteiger partial charge >= 0.3 is 0 Å². The summed E-state index contributed by atoms with van der Waals surface area (Å²) in [6.07, 6.45) is 0.359. The van der Waals surface area contributed by atoms with Crippen molar-refractivity contribution in [2.45, 2.75) is 6.42 Å². The molecule has 17 heavy (non-hydrogen) atoms. The van der Waals surface area contributed by atoms with E-state index in [1.165, 1.54) is 12.1 Å². The van der Waals surface area contributed by atoms with E-state index >= 15 is 0 Å². The highest BCUT2D eigenvalue weighted by atomic mass is 32.2. The summed E-state index contributed by atoms with van der Waals surface area (Å²) in [5, 5.41) is 14.9. The Kier molecular flexibility index (Phi) is 4.35. The van der Waals surface area contributed by atoms with Crippen molar-refractivity contribution in [3.63, 3.8) is 0 Å². The number of aromatic nitrogens is 2. The molecule has 0 aromatic carbocycles. The number of primary amides is 1. The zero-order chi connectivity index (χ0) is 12.9. The molecule has 0 aliphatic heterocycles. The second-order valence-electron chi connectivity index (χ2n) is 3.32. The van der Waals surface area contributed by atoms with Gasteiger partial charge in [0.1, 0.15) is 5.82 Å². The topological polar surface area (TPSA) is 141 Å². The summed E-state index contributed by atoms with van der Waals surface area (Å²) in [4.78, 5) is 10.7. The Bertz CT molecular complexity index is 484. The first-order valence-corrected chi connectivity index (χ1v) is 6.48. The van der Waals surface area contributed by atoms with Gasteiger partial charge in [-0.1, -0.05) is 0 Å². The molecular formula is C8H13N5O3S. The van der Waals surface area contributed by atoms with E-state index in [1.54, 1.807) is 0 Å². The third kappa shape index (κ3) is 5.22. The Labute approximate surface area is 98.5 Å². The molecule has 0 spiro atoms. The second-order valence-corrected chi connectivity index (χ2v) is 5.05. The number of rotatable bonds is 6. The van der Waals surface area contributed by atoms with Gasteiger partial charge in [-0.25, -0.2) is 13.6 Å². The Morgan fingerprint density at radius 1 is 1.35 bits per heavy atom. The van der Waals surface area contributed by atoms with Crippen molar-refractivity contribution in [3.05, 3.63) is 17.8 Å². The van der Waals surface area contributed by atoms with E-state index in [4.69, 9.17) is 10.9 Å². The minimum atomic E-state index is -3.43. The van der Waals surface area contributed by atoms with E-state index in [1.807, 2.05) is 0 Å². The van der Waals surface area contributed by atoms with Crippen molar-refractivity contribution in [2.24, 2.45) is 10.9 Å². The minimum absolute atomic E-state index is 0.0695. The quantitative estimate of drug-likeness (QED) is 0.540. The summed E-state index contributed by atoms with van der Waals surface area (Å²) in [6, 6.07) is 2.96. The van der Waals surface area contributed by atoms with Crippen LogP contribution in [0.2, 0.25) is 0 Å². The van der Waals surface area contributed by atoms with Crippen LogP contribution in [0.3, 0.4) is 0 Å². The number of anilines is 1. The highest BCUT2D eigenvalue weighted by Crippen LogP contribution is 2.01. The highest BCUT2D eigenvalue weighted by molar-refractivity contribution is 7.89. The van der Waals surface area contributed by atoms with Crippen molar-refractivity contribution < 1.29 is 13.2 Å². The lowest BCUT2D eigenvalue weighted by Crippen LogP contribution is -2.19. The molecule has 0 atom stereocenters. The zero-order valence-electron chi connectivity index (χ0n) is 8.96. The normalized spacial score (nSPS) is 11.1. The van der Waals surface area contributed by atoms with Gasteiger partial charge in [0.25, 0.3) is 5.91 Å². The zero-order valence-corrected chi connectivity index (χ0v) is 9.77. The Morgan fingerprint density at radius 3 is 2.53 bits per heavy atom. The molecule has 0 bridgehead atoms. The molecule has 1 heterocycles. The molecule has 9 heteroatoms. The number of carbonyl (C=O) groups excluding carboxylic acids is 1. The van der Waals surface area contributed by atoms with Crippen LogP contribution in [-0.2, 0) is 10.0 Å². The number of carbonyl (C=O) groups is 1. The lowest BCUT2D eigenvalue weighted by atomic mass is 10.3. The van der Waals surface area contributed by atoms with Crippen LogP contribution >= 0.6 is 0 Å². The molecule has 1 aromatic rings. The maximum absolute atomic E-state index is 10.7. The van der Waals surface area contributed by atoms with Gasteiger partial charge in [-0.05, 0) is 18.6 Å². The van der Waals surface area contributed by atoms with Crippen LogP contribution in [0.25, 0.3) is 0 Å². The predicted molar refractivity (Wildman–Crippen MR) is 61.6 cm³/mol. The molecule has 94 valence electrons. The smallest absolute Gasteiger partial charge is 0.269 e. The molecule has 0 radical (unpaired) electrons. The molecule has 5 N–H and O–H groups in total. The molecule has 1 amide bonds. The van der Waals surface area contributed by atoms with E-state index < -0.39 is 15.9 Å². The van der Waals surface area contributed by atoms with E-state index in [9.17, 15) is 13.2 Å². The first-order chi connectivity index (χ1) is 7.88. The molecule has 0 aliphatic carbocycles. The molecule has 0 fully saturated rings. The van der Waals surface area contributed by atoms with Crippen molar-refractivity contribution in [1.29, 1.82) is 0 Å². The van der Waals surface area contributed by atoms with Crippen LogP contribution < -0.4 is 16.2 Å². The van der Waals surface area contributed by atoms with Crippen LogP contribution in [0, 0.1) is 0 Å². The van der Waals surface area contributed by atoms with Crippen LogP contribution in [0.1, 0.15) is 16.9 Å². The van der Waals surface area contributed by atoms with Crippen LogP contribution in [0.5, 0.6) is 0 Å². The fourth-order valence-electron chi connectivity index (χ4n) is 1.05. The predicted octanol–water partition coefficient (Wildman–Crippen LogP) is -1.33. The maximum atomic E-state index is 10.7. The van der Waals surface area contributed by atoms with Gasteiger partial charge in [-0.15, -0.1) is 10.2 Å². The fourth-order valence-corrected chi connectivity index (χ4v) is 1.59. The van der Waals surface area contributed by atoms with Crippen LogP contribution in [-0.4, -0.2) is 36.8 Å².